The lowest BCUT2D eigenvalue weighted by Crippen LogP contribution is -2.32. The first-order chi connectivity index (χ1) is 13.1. The minimum atomic E-state index is -0.0101. The highest BCUT2D eigenvalue weighted by atomic mass is 32.2. The van der Waals surface area contributed by atoms with Gasteiger partial charge in [0.05, 0.1) is 18.6 Å². The fourth-order valence-electron chi connectivity index (χ4n) is 3.17. The normalized spacial score (nSPS) is 14.4. The lowest BCUT2D eigenvalue weighted by atomic mass is 10.1. The molecule has 1 fully saturated rings. The van der Waals surface area contributed by atoms with Gasteiger partial charge in [0.15, 0.2) is 5.16 Å². The summed E-state index contributed by atoms with van der Waals surface area (Å²) >= 11 is 1.39. The van der Waals surface area contributed by atoms with Gasteiger partial charge in [0.2, 0.25) is 11.9 Å². The van der Waals surface area contributed by atoms with E-state index in [1.807, 2.05) is 42.7 Å². The van der Waals surface area contributed by atoms with Crippen LogP contribution in [0.2, 0.25) is 0 Å². The van der Waals surface area contributed by atoms with E-state index in [2.05, 4.69) is 20.4 Å². The topological polar surface area (TPSA) is 72.3 Å². The monoisotopic (exact) mass is 389 g/mol. The second-order valence-electron chi connectivity index (χ2n) is 6.85. The summed E-state index contributed by atoms with van der Waals surface area (Å²) in [5.41, 5.74) is 0.886. The molecule has 3 rings (SSSR count). The number of anilines is 1. The summed E-state index contributed by atoms with van der Waals surface area (Å²) < 4.78 is 7.57. The van der Waals surface area contributed by atoms with Gasteiger partial charge in [-0.25, -0.2) is 0 Å². The number of methoxy groups -OCH3 is 1. The first-order valence-corrected chi connectivity index (χ1v) is 10.3. The minimum Gasteiger partial charge on any atom is -0.495 e. The van der Waals surface area contributed by atoms with Crippen molar-refractivity contribution >= 4 is 23.6 Å². The molecule has 0 spiro atoms. The van der Waals surface area contributed by atoms with Gasteiger partial charge < -0.3 is 15.0 Å². The number of amides is 1. The fourth-order valence-corrected chi connectivity index (χ4v) is 3.92. The van der Waals surface area contributed by atoms with Crippen LogP contribution in [0.25, 0.3) is 5.69 Å². The van der Waals surface area contributed by atoms with E-state index in [0.29, 0.717) is 10.9 Å². The van der Waals surface area contributed by atoms with E-state index in [1.165, 1.54) is 18.2 Å². The molecular formula is C19H27N5O2S. The Morgan fingerprint density at radius 1 is 1.22 bits per heavy atom. The van der Waals surface area contributed by atoms with Crippen molar-refractivity contribution in [1.29, 1.82) is 0 Å². The standard InChI is InChI=1S/C19H27N5O2S/c1-14(2)20-17(25)13-27-19-22-21-18(23-11-7-4-8-12-23)24(19)15-9-5-6-10-16(15)26-3/h5-6,9-10,14H,4,7-8,11-13H2,1-3H3,(H,20,25). The molecule has 0 aliphatic carbocycles. The minimum absolute atomic E-state index is 0.0101. The maximum Gasteiger partial charge on any atom is 0.232 e. The van der Waals surface area contributed by atoms with Crippen LogP contribution in [0.5, 0.6) is 5.75 Å². The molecule has 27 heavy (non-hydrogen) atoms. The number of piperidine rings is 1. The van der Waals surface area contributed by atoms with E-state index >= 15 is 0 Å². The molecule has 0 radical (unpaired) electrons. The number of rotatable bonds is 7. The molecule has 146 valence electrons. The zero-order chi connectivity index (χ0) is 19.2. The van der Waals surface area contributed by atoms with E-state index in [4.69, 9.17) is 4.74 Å². The first-order valence-electron chi connectivity index (χ1n) is 9.36. The molecule has 0 unspecified atom stereocenters. The SMILES string of the molecule is COc1ccccc1-n1c(SCC(=O)NC(C)C)nnc1N1CCCCC1. The summed E-state index contributed by atoms with van der Waals surface area (Å²) in [6, 6.07) is 7.95. The second-order valence-corrected chi connectivity index (χ2v) is 7.79. The molecule has 1 saturated heterocycles. The molecule has 1 aliphatic heterocycles. The van der Waals surface area contributed by atoms with Gasteiger partial charge in [-0.05, 0) is 45.2 Å². The van der Waals surface area contributed by atoms with E-state index in [-0.39, 0.29) is 11.9 Å². The van der Waals surface area contributed by atoms with Gasteiger partial charge in [0.25, 0.3) is 0 Å². The molecule has 1 aromatic carbocycles. The summed E-state index contributed by atoms with van der Waals surface area (Å²) in [6.45, 7) is 5.83. The summed E-state index contributed by atoms with van der Waals surface area (Å²) in [7, 11) is 1.66. The molecule has 1 aliphatic rings. The highest BCUT2D eigenvalue weighted by Gasteiger charge is 2.23. The number of thioether (sulfide) groups is 1. The zero-order valence-electron chi connectivity index (χ0n) is 16.1. The number of nitrogens with zero attached hydrogens (tertiary/aromatic N) is 4. The van der Waals surface area contributed by atoms with Crippen molar-refractivity contribution < 1.29 is 9.53 Å². The van der Waals surface area contributed by atoms with E-state index in [1.54, 1.807) is 7.11 Å². The Balaban J connectivity index is 1.93. The fraction of sp³-hybridized carbons (Fsp3) is 0.526. The molecule has 2 heterocycles. The summed E-state index contributed by atoms with van der Waals surface area (Å²) in [5, 5.41) is 12.5. The third kappa shape index (κ3) is 4.74. The average Bonchev–Trinajstić information content (AvgIpc) is 3.10. The lowest BCUT2D eigenvalue weighted by Gasteiger charge is -2.28. The van der Waals surface area contributed by atoms with Crippen molar-refractivity contribution in [1.82, 2.24) is 20.1 Å². The number of para-hydroxylation sites is 2. The third-order valence-electron chi connectivity index (χ3n) is 4.36. The Morgan fingerprint density at radius 2 is 1.96 bits per heavy atom. The maximum absolute atomic E-state index is 12.1. The van der Waals surface area contributed by atoms with Crippen molar-refractivity contribution in [2.45, 2.75) is 44.3 Å². The molecule has 8 heteroatoms. The van der Waals surface area contributed by atoms with Crippen molar-refractivity contribution in [2.75, 3.05) is 30.9 Å². The van der Waals surface area contributed by atoms with Crippen LogP contribution in [0.1, 0.15) is 33.1 Å². The number of aromatic nitrogens is 3. The second kappa shape index (κ2) is 9.12. The zero-order valence-corrected chi connectivity index (χ0v) is 17.0. The summed E-state index contributed by atoms with van der Waals surface area (Å²) in [4.78, 5) is 14.3. The lowest BCUT2D eigenvalue weighted by molar-refractivity contribution is -0.119. The molecule has 1 N–H and O–H groups in total. The van der Waals surface area contributed by atoms with E-state index in [9.17, 15) is 4.79 Å². The number of benzene rings is 1. The van der Waals surface area contributed by atoms with Crippen LogP contribution in [0.3, 0.4) is 0 Å². The molecular weight excluding hydrogens is 362 g/mol. The quantitative estimate of drug-likeness (QED) is 0.734. The van der Waals surface area contributed by atoms with E-state index < -0.39 is 0 Å². The van der Waals surface area contributed by atoms with Crippen LogP contribution >= 0.6 is 11.8 Å². The molecule has 2 aromatic rings. The largest absolute Gasteiger partial charge is 0.495 e. The smallest absolute Gasteiger partial charge is 0.232 e. The van der Waals surface area contributed by atoms with Gasteiger partial charge in [-0.15, -0.1) is 10.2 Å². The van der Waals surface area contributed by atoms with Crippen molar-refractivity contribution in [2.24, 2.45) is 0 Å². The number of carbonyl (C=O) groups excluding carboxylic acids is 1. The predicted molar refractivity (Wildman–Crippen MR) is 108 cm³/mol. The average molecular weight is 390 g/mol. The van der Waals surface area contributed by atoms with Crippen LogP contribution in [0, 0.1) is 0 Å². The van der Waals surface area contributed by atoms with Gasteiger partial charge in [-0.3, -0.25) is 9.36 Å². The Bertz CT molecular complexity index is 771. The molecule has 1 amide bonds. The van der Waals surface area contributed by atoms with Gasteiger partial charge in [-0.1, -0.05) is 23.9 Å². The molecule has 0 saturated carbocycles. The van der Waals surface area contributed by atoms with Crippen LogP contribution in [-0.2, 0) is 4.79 Å². The van der Waals surface area contributed by atoms with E-state index in [0.717, 1.165) is 43.3 Å². The molecule has 0 bridgehead atoms. The first kappa shape index (κ1) is 19.5. The Labute approximate surface area is 164 Å². The molecule has 7 nitrogen and oxygen atoms in total. The highest BCUT2D eigenvalue weighted by Crippen LogP contribution is 2.32. The summed E-state index contributed by atoms with van der Waals surface area (Å²) in [6.07, 6.45) is 3.55. The van der Waals surface area contributed by atoms with Crippen molar-refractivity contribution in [3.63, 3.8) is 0 Å². The van der Waals surface area contributed by atoms with Crippen LogP contribution in [0.4, 0.5) is 5.95 Å². The third-order valence-corrected chi connectivity index (χ3v) is 5.29. The Morgan fingerprint density at radius 3 is 2.67 bits per heavy atom. The number of carbonyl (C=O) groups is 1. The molecule has 0 atom stereocenters. The summed E-state index contributed by atoms with van der Waals surface area (Å²) in [5.74, 6) is 1.85. The molecule has 1 aromatic heterocycles. The van der Waals surface area contributed by atoms with Crippen LogP contribution in [0.15, 0.2) is 29.4 Å². The Kier molecular flexibility index (Phi) is 6.60. The van der Waals surface area contributed by atoms with Gasteiger partial charge in [0, 0.05) is 19.1 Å². The van der Waals surface area contributed by atoms with Gasteiger partial charge in [0.1, 0.15) is 5.75 Å². The number of hydrogen-bond donors (Lipinski definition) is 1. The predicted octanol–water partition coefficient (Wildman–Crippen LogP) is 2.88. The Hall–Kier alpha value is -2.22. The number of hydrogen-bond acceptors (Lipinski definition) is 6. The number of ether oxygens (including phenoxy) is 1. The van der Waals surface area contributed by atoms with Gasteiger partial charge in [-0.2, -0.15) is 0 Å². The number of nitrogens with one attached hydrogen (secondary N) is 1. The van der Waals surface area contributed by atoms with Crippen LogP contribution in [-0.4, -0.2) is 52.7 Å². The van der Waals surface area contributed by atoms with Crippen LogP contribution < -0.4 is 15.0 Å². The highest BCUT2D eigenvalue weighted by molar-refractivity contribution is 7.99. The van der Waals surface area contributed by atoms with Crippen molar-refractivity contribution in [3.05, 3.63) is 24.3 Å². The van der Waals surface area contributed by atoms with Crippen molar-refractivity contribution in [3.8, 4) is 11.4 Å². The maximum atomic E-state index is 12.1. The van der Waals surface area contributed by atoms with Gasteiger partial charge >= 0.3 is 0 Å².